The average molecular weight is 212 g/mol. The van der Waals surface area contributed by atoms with E-state index in [1.807, 2.05) is 13.8 Å². The van der Waals surface area contributed by atoms with E-state index >= 15 is 0 Å². The molecular formula is C11H17FN2O. The van der Waals surface area contributed by atoms with Gasteiger partial charge in [-0.2, -0.15) is 0 Å². The number of rotatable bonds is 5. The summed E-state index contributed by atoms with van der Waals surface area (Å²) in [5.41, 5.74) is 0.403. The monoisotopic (exact) mass is 212 g/mol. The van der Waals surface area contributed by atoms with Crippen LogP contribution in [0.3, 0.4) is 0 Å². The Hall–Kier alpha value is -1.00. The normalized spacial score (nSPS) is 13.1. The number of nitrogens with zero attached hydrogens (tertiary/aromatic N) is 1. The summed E-state index contributed by atoms with van der Waals surface area (Å²) in [5.74, 6) is -0.302. The minimum Gasteiger partial charge on any atom is -0.377 e. The quantitative estimate of drug-likeness (QED) is 0.809. The third kappa shape index (κ3) is 3.57. The average Bonchev–Trinajstić information content (AvgIpc) is 2.21. The van der Waals surface area contributed by atoms with Gasteiger partial charge >= 0.3 is 0 Å². The molecule has 0 spiro atoms. The first-order chi connectivity index (χ1) is 7.15. The van der Waals surface area contributed by atoms with Crippen LogP contribution in [0.1, 0.15) is 25.6 Å². The van der Waals surface area contributed by atoms with Gasteiger partial charge in [0.25, 0.3) is 0 Å². The lowest BCUT2D eigenvalue weighted by atomic mass is 10.2. The molecule has 0 saturated heterocycles. The molecule has 1 aromatic heterocycles. The van der Waals surface area contributed by atoms with Crippen molar-refractivity contribution in [3.8, 4) is 0 Å². The maximum atomic E-state index is 13.4. The Bertz CT molecular complexity index is 304. The minimum absolute atomic E-state index is 0.132. The molecule has 0 bridgehead atoms. The topological polar surface area (TPSA) is 34.1 Å². The van der Waals surface area contributed by atoms with Gasteiger partial charge in [-0.15, -0.1) is 0 Å². The van der Waals surface area contributed by atoms with Crippen LogP contribution in [-0.2, 0) is 4.74 Å². The molecule has 3 nitrogen and oxygen atoms in total. The van der Waals surface area contributed by atoms with E-state index < -0.39 is 0 Å². The molecule has 1 atom stereocenters. The molecule has 0 aromatic carbocycles. The lowest BCUT2D eigenvalue weighted by Crippen LogP contribution is -2.25. The van der Waals surface area contributed by atoms with Crippen LogP contribution in [-0.4, -0.2) is 24.7 Å². The van der Waals surface area contributed by atoms with Crippen molar-refractivity contribution in [2.75, 3.05) is 13.7 Å². The van der Waals surface area contributed by atoms with Crippen molar-refractivity contribution in [3.05, 3.63) is 29.8 Å². The highest BCUT2D eigenvalue weighted by atomic mass is 19.1. The molecule has 0 aliphatic carbocycles. The van der Waals surface area contributed by atoms with Crippen LogP contribution in [0.4, 0.5) is 4.39 Å². The van der Waals surface area contributed by atoms with Crippen molar-refractivity contribution < 1.29 is 9.13 Å². The van der Waals surface area contributed by atoms with Crippen LogP contribution in [0.5, 0.6) is 0 Å². The van der Waals surface area contributed by atoms with Gasteiger partial charge in [-0.05, 0) is 33.0 Å². The van der Waals surface area contributed by atoms with Crippen LogP contribution < -0.4 is 5.32 Å². The Morgan fingerprint density at radius 2 is 2.27 bits per heavy atom. The van der Waals surface area contributed by atoms with Gasteiger partial charge in [-0.25, -0.2) is 4.39 Å². The van der Waals surface area contributed by atoms with E-state index in [2.05, 4.69) is 10.3 Å². The first-order valence-corrected chi connectivity index (χ1v) is 5.04. The summed E-state index contributed by atoms with van der Waals surface area (Å²) in [6.45, 7) is 4.31. The van der Waals surface area contributed by atoms with Crippen molar-refractivity contribution in [1.29, 1.82) is 0 Å². The highest BCUT2D eigenvalue weighted by Crippen LogP contribution is 2.14. The van der Waals surface area contributed by atoms with Gasteiger partial charge in [0.2, 0.25) is 0 Å². The fourth-order valence-corrected chi connectivity index (χ4v) is 1.24. The highest BCUT2D eigenvalue weighted by Gasteiger charge is 2.15. The Morgan fingerprint density at radius 1 is 1.53 bits per heavy atom. The molecule has 1 rings (SSSR count). The molecule has 1 heterocycles. The summed E-state index contributed by atoms with van der Waals surface area (Å²) in [6, 6.07) is 2.78. The second-order valence-corrected chi connectivity index (χ2v) is 3.59. The third-order valence-corrected chi connectivity index (χ3v) is 2.06. The van der Waals surface area contributed by atoms with Gasteiger partial charge in [0.05, 0.1) is 24.4 Å². The number of hydrogen-bond acceptors (Lipinski definition) is 3. The standard InChI is InChI=1S/C11H17FN2O/c1-8(2)15-7-10(13-3)11-9(12)5-4-6-14-11/h4-6,8,10,13H,7H2,1-3H3. The van der Waals surface area contributed by atoms with E-state index in [0.29, 0.717) is 12.3 Å². The maximum Gasteiger partial charge on any atom is 0.146 e. The van der Waals surface area contributed by atoms with E-state index in [1.165, 1.54) is 6.07 Å². The van der Waals surface area contributed by atoms with Gasteiger partial charge in [-0.3, -0.25) is 4.98 Å². The zero-order valence-corrected chi connectivity index (χ0v) is 9.33. The van der Waals surface area contributed by atoms with Gasteiger partial charge in [0.1, 0.15) is 5.82 Å². The first-order valence-electron chi connectivity index (χ1n) is 5.04. The summed E-state index contributed by atoms with van der Waals surface area (Å²) in [4.78, 5) is 4.01. The van der Waals surface area contributed by atoms with E-state index in [4.69, 9.17) is 4.74 Å². The smallest absolute Gasteiger partial charge is 0.146 e. The molecule has 4 heteroatoms. The summed E-state index contributed by atoms with van der Waals surface area (Å²) >= 11 is 0. The summed E-state index contributed by atoms with van der Waals surface area (Å²) < 4.78 is 18.8. The minimum atomic E-state index is -0.302. The Balaban J connectivity index is 2.70. The fourth-order valence-electron chi connectivity index (χ4n) is 1.24. The highest BCUT2D eigenvalue weighted by molar-refractivity contribution is 5.11. The lowest BCUT2D eigenvalue weighted by Gasteiger charge is -2.17. The number of nitrogens with one attached hydrogen (secondary N) is 1. The number of pyridine rings is 1. The first kappa shape index (κ1) is 12.1. The zero-order valence-electron chi connectivity index (χ0n) is 9.33. The van der Waals surface area contributed by atoms with Gasteiger partial charge in [0.15, 0.2) is 0 Å². The van der Waals surface area contributed by atoms with Crippen LogP contribution in [0, 0.1) is 5.82 Å². The molecule has 0 aliphatic heterocycles. The predicted molar refractivity (Wildman–Crippen MR) is 57.1 cm³/mol. The largest absolute Gasteiger partial charge is 0.377 e. The number of likely N-dealkylation sites (N-methyl/N-ethyl adjacent to an activating group) is 1. The van der Waals surface area contributed by atoms with Gasteiger partial charge in [-0.1, -0.05) is 0 Å². The number of hydrogen-bond donors (Lipinski definition) is 1. The lowest BCUT2D eigenvalue weighted by molar-refractivity contribution is 0.0611. The second-order valence-electron chi connectivity index (χ2n) is 3.59. The van der Waals surface area contributed by atoms with E-state index in [9.17, 15) is 4.39 Å². The molecule has 0 fully saturated rings. The van der Waals surface area contributed by atoms with Crippen molar-refractivity contribution in [2.24, 2.45) is 0 Å². The number of aromatic nitrogens is 1. The Kier molecular flexibility index (Phi) is 4.65. The molecule has 84 valence electrons. The Labute approximate surface area is 89.7 Å². The van der Waals surface area contributed by atoms with Crippen LogP contribution in [0.25, 0.3) is 0 Å². The predicted octanol–water partition coefficient (Wildman–Crippen LogP) is 1.91. The van der Waals surface area contributed by atoms with Crippen LogP contribution >= 0.6 is 0 Å². The van der Waals surface area contributed by atoms with Crippen molar-refractivity contribution in [3.63, 3.8) is 0 Å². The second kappa shape index (κ2) is 5.78. The molecule has 1 N–H and O–H groups in total. The summed E-state index contributed by atoms with van der Waals surface area (Å²) in [5, 5.41) is 2.99. The van der Waals surface area contributed by atoms with Crippen molar-refractivity contribution in [2.45, 2.75) is 26.0 Å². The molecule has 15 heavy (non-hydrogen) atoms. The van der Waals surface area contributed by atoms with Crippen molar-refractivity contribution in [1.82, 2.24) is 10.3 Å². The van der Waals surface area contributed by atoms with Gasteiger partial charge in [0, 0.05) is 6.20 Å². The summed E-state index contributed by atoms with van der Waals surface area (Å²) in [7, 11) is 1.77. The fraction of sp³-hybridized carbons (Fsp3) is 0.545. The van der Waals surface area contributed by atoms with Crippen LogP contribution in [0.2, 0.25) is 0 Å². The zero-order chi connectivity index (χ0) is 11.3. The van der Waals surface area contributed by atoms with E-state index in [1.54, 1.807) is 19.3 Å². The molecule has 1 aromatic rings. The molecular weight excluding hydrogens is 195 g/mol. The van der Waals surface area contributed by atoms with Gasteiger partial charge < -0.3 is 10.1 Å². The summed E-state index contributed by atoms with van der Waals surface area (Å²) in [6.07, 6.45) is 1.71. The Morgan fingerprint density at radius 3 is 2.80 bits per heavy atom. The van der Waals surface area contributed by atoms with E-state index in [0.717, 1.165) is 0 Å². The van der Waals surface area contributed by atoms with E-state index in [-0.39, 0.29) is 18.0 Å². The molecule has 1 unspecified atom stereocenters. The SMILES string of the molecule is CNC(COC(C)C)c1ncccc1F. The molecule has 0 radical (unpaired) electrons. The number of halogens is 1. The van der Waals surface area contributed by atoms with Crippen molar-refractivity contribution >= 4 is 0 Å². The number of ether oxygens (including phenoxy) is 1. The molecule has 0 amide bonds. The molecule has 0 saturated carbocycles. The maximum absolute atomic E-state index is 13.4. The third-order valence-electron chi connectivity index (χ3n) is 2.06. The molecule has 0 aliphatic rings. The van der Waals surface area contributed by atoms with Crippen LogP contribution in [0.15, 0.2) is 18.3 Å².